The lowest BCUT2D eigenvalue weighted by molar-refractivity contribution is -0.122. The minimum atomic E-state index is -1.80. The molecule has 1 rings (SSSR count). The van der Waals surface area contributed by atoms with Crippen molar-refractivity contribution in [2.45, 2.75) is 26.2 Å². The van der Waals surface area contributed by atoms with Gasteiger partial charge in [0.05, 0.1) is 6.61 Å². The van der Waals surface area contributed by atoms with Crippen molar-refractivity contribution in [2.24, 2.45) is 0 Å². The SMILES string of the molecule is CC(=O)COCC(F)C(F)COc1ccc(C)cc1. The number of rotatable bonds is 8. The lowest BCUT2D eigenvalue weighted by Crippen LogP contribution is -2.29. The summed E-state index contributed by atoms with van der Waals surface area (Å²) in [6, 6.07) is 7.04. The topological polar surface area (TPSA) is 35.5 Å². The standard InChI is InChI=1S/C14H18F2O3/c1-10-3-5-12(6-4-10)19-9-14(16)13(15)8-18-7-11(2)17/h3-6,13-14H,7-9H2,1-2H3. The number of alkyl halides is 2. The van der Waals surface area contributed by atoms with Crippen molar-refractivity contribution < 1.29 is 23.0 Å². The van der Waals surface area contributed by atoms with Crippen LogP contribution in [0.1, 0.15) is 12.5 Å². The highest BCUT2D eigenvalue weighted by atomic mass is 19.2. The van der Waals surface area contributed by atoms with Crippen LogP contribution in [0.15, 0.2) is 24.3 Å². The van der Waals surface area contributed by atoms with E-state index in [0.717, 1.165) is 5.56 Å². The molecule has 0 spiro atoms. The van der Waals surface area contributed by atoms with Gasteiger partial charge in [-0.3, -0.25) is 4.79 Å². The zero-order valence-electron chi connectivity index (χ0n) is 11.1. The largest absolute Gasteiger partial charge is 0.490 e. The maximum Gasteiger partial charge on any atom is 0.167 e. The first-order chi connectivity index (χ1) is 8.99. The van der Waals surface area contributed by atoms with Crippen LogP contribution in [-0.2, 0) is 9.53 Å². The molecule has 19 heavy (non-hydrogen) atoms. The summed E-state index contributed by atoms with van der Waals surface area (Å²) in [6.45, 7) is 2.21. The normalized spacial score (nSPS) is 13.9. The first-order valence-corrected chi connectivity index (χ1v) is 6.04. The quantitative estimate of drug-likeness (QED) is 0.730. The molecule has 0 N–H and O–H groups in total. The Labute approximate surface area is 111 Å². The van der Waals surface area contributed by atoms with E-state index in [1.807, 2.05) is 19.1 Å². The molecule has 0 aliphatic heterocycles. The van der Waals surface area contributed by atoms with Gasteiger partial charge < -0.3 is 9.47 Å². The zero-order valence-corrected chi connectivity index (χ0v) is 11.1. The molecule has 2 atom stereocenters. The number of hydrogen-bond donors (Lipinski definition) is 0. The van der Waals surface area contributed by atoms with Gasteiger partial charge in [0.15, 0.2) is 18.1 Å². The zero-order chi connectivity index (χ0) is 14.3. The van der Waals surface area contributed by atoms with Crippen molar-refractivity contribution in [1.82, 2.24) is 0 Å². The lowest BCUT2D eigenvalue weighted by atomic mass is 10.2. The number of ether oxygens (including phenoxy) is 2. The molecule has 0 aliphatic carbocycles. The van der Waals surface area contributed by atoms with Crippen molar-refractivity contribution >= 4 is 5.78 Å². The Balaban J connectivity index is 2.27. The van der Waals surface area contributed by atoms with Gasteiger partial charge in [0.25, 0.3) is 0 Å². The summed E-state index contributed by atoms with van der Waals surface area (Å²) in [4.78, 5) is 10.6. The van der Waals surface area contributed by atoms with Crippen LogP contribution in [0.4, 0.5) is 8.78 Å². The van der Waals surface area contributed by atoms with E-state index in [-0.39, 0.29) is 19.0 Å². The fourth-order valence-corrected chi connectivity index (χ4v) is 1.33. The molecule has 0 heterocycles. The molecule has 1 aromatic rings. The first-order valence-electron chi connectivity index (χ1n) is 6.04. The minimum absolute atomic E-state index is 0.202. The molecule has 0 saturated heterocycles. The Morgan fingerprint density at radius 2 is 1.74 bits per heavy atom. The maximum atomic E-state index is 13.4. The molecule has 0 aromatic heterocycles. The van der Waals surface area contributed by atoms with Crippen LogP contribution in [0.3, 0.4) is 0 Å². The van der Waals surface area contributed by atoms with E-state index in [4.69, 9.17) is 9.47 Å². The molecular formula is C14H18F2O3. The van der Waals surface area contributed by atoms with Crippen LogP contribution in [0.25, 0.3) is 0 Å². The van der Waals surface area contributed by atoms with E-state index < -0.39 is 19.0 Å². The molecule has 0 radical (unpaired) electrons. The molecule has 2 unspecified atom stereocenters. The molecule has 5 heteroatoms. The second-order valence-electron chi connectivity index (χ2n) is 4.37. The predicted octanol–water partition coefficient (Wildman–Crippen LogP) is 2.66. The van der Waals surface area contributed by atoms with Crippen LogP contribution >= 0.6 is 0 Å². The Kier molecular flexibility index (Phi) is 6.42. The van der Waals surface area contributed by atoms with E-state index in [1.54, 1.807) is 12.1 Å². The predicted molar refractivity (Wildman–Crippen MR) is 68.0 cm³/mol. The second-order valence-corrected chi connectivity index (χ2v) is 4.37. The van der Waals surface area contributed by atoms with Crippen LogP contribution in [0.2, 0.25) is 0 Å². The van der Waals surface area contributed by atoms with Crippen LogP contribution in [0, 0.1) is 6.92 Å². The molecule has 0 bridgehead atoms. The third-order valence-electron chi connectivity index (χ3n) is 2.41. The van der Waals surface area contributed by atoms with E-state index in [0.29, 0.717) is 5.75 Å². The van der Waals surface area contributed by atoms with Gasteiger partial charge in [0.1, 0.15) is 19.0 Å². The van der Waals surface area contributed by atoms with Crippen LogP contribution in [-0.4, -0.2) is 37.9 Å². The number of hydrogen-bond acceptors (Lipinski definition) is 3. The number of halogens is 2. The molecule has 3 nitrogen and oxygen atoms in total. The smallest absolute Gasteiger partial charge is 0.167 e. The number of ketones is 1. The highest BCUT2D eigenvalue weighted by Gasteiger charge is 2.21. The van der Waals surface area contributed by atoms with Gasteiger partial charge >= 0.3 is 0 Å². The molecule has 0 fully saturated rings. The van der Waals surface area contributed by atoms with Crippen molar-refractivity contribution in [3.05, 3.63) is 29.8 Å². The van der Waals surface area contributed by atoms with Gasteiger partial charge in [-0.25, -0.2) is 8.78 Å². The summed E-state index contributed by atoms with van der Waals surface area (Å²) < 4.78 is 36.6. The fourth-order valence-electron chi connectivity index (χ4n) is 1.33. The molecule has 0 aliphatic rings. The summed E-state index contributed by atoms with van der Waals surface area (Å²) in [5, 5.41) is 0. The van der Waals surface area contributed by atoms with Gasteiger partial charge in [-0.15, -0.1) is 0 Å². The lowest BCUT2D eigenvalue weighted by Gasteiger charge is -2.14. The molecule has 0 amide bonds. The Hall–Kier alpha value is -1.49. The third-order valence-corrected chi connectivity index (χ3v) is 2.41. The number of aryl methyl sites for hydroxylation is 1. The van der Waals surface area contributed by atoms with Crippen molar-refractivity contribution in [3.8, 4) is 5.75 Å². The monoisotopic (exact) mass is 272 g/mol. The van der Waals surface area contributed by atoms with Crippen molar-refractivity contribution in [3.63, 3.8) is 0 Å². The highest BCUT2D eigenvalue weighted by Crippen LogP contribution is 2.13. The van der Waals surface area contributed by atoms with Gasteiger partial charge in [0, 0.05) is 0 Å². The van der Waals surface area contributed by atoms with Crippen LogP contribution in [0.5, 0.6) is 5.75 Å². The van der Waals surface area contributed by atoms with Gasteiger partial charge in [-0.2, -0.15) is 0 Å². The number of Topliss-reactive ketones (excluding diaryl/α,β-unsaturated/α-hetero) is 1. The Morgan fingerprint density at radius 3 is 2.32 bits per heavy atom. The average molecular weight is 272 g/mol. The average Bonchev–Trinajstić information content (AvgIpc) is 2.37. The summed E-state index contributed by atoms with van der Waals surface area (Å²) in [6.07, 6.45) is -3.59. The Bertz CT molecular complexity index is 392. The molecular weight excluding hydrogens is 254 g/mol. The first kappa shape index (κ1) is 15.6. The fraction of sp³-hybridized carbons (Fsp3) is 0.500. The van der Waals surface area contributed by atoms with E-state index >= 15 is 0 Å². The number of carbonyl (C=O) groups excluding carboxylic acids is 1. The molecule has 1 aromatic carbocycles. The van der Waals surface area contributed by atoms with Gasteiger partial charge in [-0.05, 0) is 26.0 Å². The maximum absolute atomic E-state index is 13.4. The van der Waals surface area contributed by atoms with E-state index in [2.05, 4.69) is 0 Å². The van der Waals surface area contributed by atoms with Gasteiger partial charge in [-0.1, -0.05) is 17.7 Å². The second kappa shape index (κ2) is 7.84. The van der Waals surface area contributed by atoms with Crippen molar-refractivity contribution in [1.29, 1.82) is 0 Å². The van der Waals surface area contributed by atoms with Crippen molar-refractivity contribution in [2.75, 3.05) is 19.8 Å². The van der Waals surface area contributed by atoms with E-state index in [9.17, 15) is 13.6 Å². The highest BCUT2D eigenvalue weighted by molar-refractivity contribution is 5.76. The Morgan fingerprint density at radius 1 is 1.16 bits per heavy atom. The third kappa shape index (κ3) is 6.29. The molecule has 0 saturated carbocycles. The number of carbonyl (C=O) groups is 1. The summed E-state index contributed by atoms with van der Waals surface area (Å²) in [5.74, 6) is 0.267. The van der Waals surface area contributed by atoms with Crippen LogP contribution < -0.4 is 4.74 Å². The van der Waals surface area contributed by atoms with E-state index in [1.165, 1.54) is 6.92 Å². The minimum Gasteiger partial charge on any atom is -0.490 e. The summed E-state index contributed by atoms with van der Waals surface area (Å²) >= 11 is 0. The summed E-state index contributed by atoms with van der Waals surface area (Å²) in [5.41, 5.74) is 1.06. The summed E-state index contributed by atoms with van der Waals surface area (Å²) in [7, 11) is 0. The molecule has 106 valence electrons. The van der Waals surface area contributed by atoms with Gasteiger partial charge in [0.2, 0.25) is 0 Å². The number of benzene rings is 1.